The van der Waals surface area contributed by atoms with Crippen molar-refractivity contribution in [2.75, 3.05) is 23.7 Å². The zero-order valence-electron chi connectivity index (χ0n) is 23.0. The van der Waals surface area contributed by atoms with E-state index in [0.717, 1.165) is 51.8 Å². The molecule has 1 amide bonds. The fraction of sp³-hybridized carbons (Fsp3) is 0.379. The van der Waals surface area contributed by atoms with Crippen LogP contribution in [0.15, 0.2) is 58.8 Å². The number of nitrogens with one attached hydrogen (secondary N) is 1. The normalized spacial score (nSPS) is 18.1. The number of ether oxygens (including phenoxy) is 1. The van der Waals surface area contributed by atoms with Crippen LogP contribution in [-0.4, -0.2) is 44.1 Å². The molecule has 2 aliphatic rings. The number of anilines is 2. The number of alkyl carbamates (subject to hydrolysis) is 1. The zero-order valence-corrected chi connectivity index (χ0v) is 24.6. The average Bonchev–Trinajstić information content (AvgIpc) is 3.51. The quantitative estimate of drug-likeness (QED) is 0.293. The van der Waals surface area contributed by atoms with Crippen LogP contribution in [0.3, 0.4) is 0 Å². The summed E-state index contributed by atoms with van der Waals surface area (Å²) in [4.78, 5) is 30.2. The Labute approximate surface area is 246 Å². The maximum absolute atomic E-state index is 14.3. The van der Waals surface area contributed by atoms with Crippen LogP contribution in [0.25, 0.3) is 5.65 Å². The molecule has 1 fully saturated rings. The molecule has 41 heavy (non-hydrogen) atoms. The summed E-state index contributed by atoms with van der Waals surface area (Å²) < 4.78 is 21.9. The lowest BCUT2D eigenvalue weighted by molar-refractivity contribution is 0.0427. The van der Waals surface area contributed by atoms with Crippen LogP contribution < -0.4 is 16.0 Å². The molecule has 1 atom stereocenters. The van der Waals surface area contributed by atoms with E-state index in [-0.39, 0.29) is 23.1 Å². The van der Waals surface area contributed by atoms with E-state index in [0.29, 0.717) is 18.1 Å². The summed E-state index contributed by atoms with van der Waals surface area (Å²) >= 11 is 7.82. The fourth-order valence-corrected chi connectivity index (χ4v) is 7.04. The van der Waals surface area contributed by atoms with E-state index in [1.165, 1.54) is 17.8 Å². The predicted octanol–water partition coefficient (Wildman–Crippen LogP) is 6.06. The van der Waals surface area contributed by atoms with Crippen LogP contribution in [0.2, 0.25) is 5.02 Å². The molecule has 0 radical (unpaired) electrons. The zero-order chi connectivity index (χ0) is 28.9. The molecule has 3 aromatic heterocycles. The molecule has 214 valence electrons. The Hall–Kier alpha value is -3.57. The van der Waals surface area contributed by atoms with E-state index in [9.17, 15) is 9.18 Å². The van der Waals surface area contributed by atoms with Crippen molar-refractivity contribution in [2.24, 2.45) is 5.41 Å². The van der Waals surface area contributed by atoms with Crippen LogP contribution >= 0.6 is 23.4 Å². The molecule has 12 heteroatoms. The number of nitrogens with two attached hydrogens (primary N) is 1. The van der Waals surface area contributed by atoms with Crippen molar-refractivity contribution in [3.8, 4) is 0 Å². The standard InChI is InChI=1S/C29H31ClFN7O2S/c1-28(2,3)40-27(39)36-23-19-14-18(31)5-4-17(19)15-29(23)7-11-37(12-8-29)26-35-16-21(25-34-10-13-38(25)26)41-20-6-9-33-24(32)22(20)30/h4-6,9-10,13-14,16,23H,7-8,11-12,15H2,1-3H3,(H2,32,33)(H,36,39)/t23-/m1/s1. The molecule has 1 aliphatic heterocycles. The van der Waals surface area contributed by atoms with Gasteiger partial charge < -0.3 is 20.7 Å². The third kappa shape index (κ3) is 5.28. The van der Waals surface area contributed by atoms with Crippen LogP contribution in [-0.2, 0) is 11.2 Å². The van der Waals surface area contributed by atoms with E-state index in [1.54, 1.807) is 24.7 Å². The molecule has 1 aromatic carbocycles. The van der Waals surface area contributed by atoms with Crippen molar-refractivity contribution in [1.82, 2.24) is 24.7 Å². The third-order valence-electron chi connectivity index (χ3n) is 7.75. The van der Waals surface area contributed by atoms with Gasteiger partial charge in [0.05, 0.1) is 16.0 Å². The Balaban J connectivity index is 1.25. The topological polar surface area (TPSA) is 111 Å². The number of amides is 1. The molecule has 4 aromatic rings. The molecule has 6 rings (SSSR count). The Morgan fingerprint density at radius 1 is 1.17 bits per heavy atom. The second-order valence-corrected chi connectivity index (χ2v) is 13.1. The first kappa shape index (κ1) is 27.6. The fourth-order valence-electron chi connectivity index (χ4n) is 5.91. The van der Waals surface area contributed by atoms with Gasteiger partial charge in [0.1, 0.15) is 17.2 Å². The highest BCUT2D eigenvalue weighted by atomic mass is 35.5. The minimum Gasteiger partial charge on any atom is -0.444 e. The molecule has 1 spiro atoms. The van der Waals surface area contributed by atoms with Crippen molar-refractivity contribution >= 4 is 46.9 Å². The van der Waals surface area contributed by atoms with Gasteiger partial charge in [0, 0.05) is 48.2 Å². The summed E-state index contributed by atoms with van der Waals surface area (Å²) in [6.45, 7) is 6.92. The first-order chi connectivity index (χ1) is 19.5. The number of benzene rings is 1. The number of halogens is 2. The highest BCUT2D eigenvalue weighted by Gasteiger charge is 2.49. The third-order valence-corrected chi connectivity index (χ3v) is 9.33. The number of fused-ring (bicyclic) bond motifs is 2. The molecular weight excluding hydrogens is 565 g/mol. The highest BCUT2D eigenvalue weighted by molar-refractivity contribution is 7.99. The molecular formula is C29H31ClFN7O2S. The van der Waals surface area contributed by atoms with E-state index in [1.807, 2.05) is 43.5 Å². The van der Waals surface area contributed by atoms with Gasteiger partial charge in [0.25, 0.3) is 0 Å². The molecule has 4 heterocycles. The van der Waals surface area contributed by atoms with Crippen molar-refractivity contribution < 1.29 is 13.9 Å². The van der Waals surface area contributed by atoms with Gasteiger partial charge in [0.2, 0.25) is 5.95 Å². The summed E-state index contributed by atoms with van der Waals surface area (Å²) in [5.74, 6) is 0.754. The van der Waals surface area contributed by atoms with Crippen molar-refractivity contribution in [3.63, 3.8) is 0 Å². The maximum atomic E-state index is 14.3. The highest BCUT2D eigenvalue weighted by Crippen LogP contribution is 2.52. The minimum atomic E-state index is -0.633. The van der Waals surface area contributed by atoms with Gasteiger partial charge in [-0.15, -0.1) is 0 Å². The number of nitrogen functional groups attached to an aromatic ring is 1. The summed E-state index contributed by atoms with van der Waals surface area (Å²) in [5.41, 5.74) is 7.65. The number of hydrogen-bond acceptors (Lipinski definition) is 8. The molecule has 3 N–H and O–H groups in total. The first-order valence-electron chi connectivity index (χ1n) is 13.5. The van der Waals surface area contributed by atoms with Gasteiger partial charge >= 0.3 is 6.09 Å². The smallest absolute Gasteiger partial charge is 0.408 e. The second kappa shape index (κ2) is 10.4. The predicted molar refractivity (Wildman–Crippen MR) is 157 cm³/mol. The minimum absolute atomic E-state index is 0.259. The van der Waals surface area contributed by atoms with Gasteiger partial charge in [-0.05, 0) is 69.4 Å². The maximum Gasteiger partial charge on any atom is 0.408 e. The van der Waals surface area contributed by atoms with Crippen LogP contribution in [0.4, 0.5) is 21.0 Å². The first-order valence-corrected chi connectivity index (χ1v) is 14.7. The molecule has 0 saturated carbocycles. The average molecular weight is 596 g/mol. The van der Waals surface area contributed by atoms with E-state index < -0.39 is 11.7 Å². The lowest BCUT2D eigenvalue weighted by Crippen LogP contribution is -2.48. The summed E-state index contributed by atoms with van der Waals surface area (Å²) in [6.07, 6.45) is 8.91. The van der Waals surface area contributed by atoms with E-state index >= 15 is 0 Å². The van der Waals surface area contributed by atoms with Gasteiger partial charge in [0.15, 0.2) is 5.65 Å². The monoisotopic (exact) mass is 595 g/mol. The van der Waals surface area contributed by atoms with E-state index in [4.69, 9.17) is 27.1 Å². The summed E-state index contributed by atoms with van der Waals surface area (Å²) in [6, 6.07) is 6.35. The lowest BCUT2D eigenvalue weighted by atomic mass is 9.73. The largest absolute Gasteiger partial charge is 0.444 e. The number of carbonyl (C=O) groups is 1. The summed E-state index contributed by atoms with van der Waals surface area (Å²) in [5, 5.41) is 3.50. The van der Waals surface area contributed by atoms with Gasteiger partial charge in [-0.2, -0.15) is 0 Å². The number of piperidine rings is 1. The van der Waals surface area contributed by atoms with Gasteiger partial charge in [-0.3, -0.25) is 4.40 Å². The number of imidazole rings is 1. The molecule has 9 nitrogen and oxygen atoms in total. The number of hydrogen-bond donors (Lipinski definition) is 2. The van der Waals surface area contributed by atoms with Crippen molar-refractivity contribution in [1.29, 1.82) is 0 Å². The molecule has 0 bridgehead atoms. The SMILES string of the molecule is CC(C)(C)OC(=O)N[C@@H]1c2cc(F)ccc2CC12CCN(c1ncc(Sc3ccnc(N)c3Cl)c3nccn13)CC2. The molecule has 0 unspecified atom stereocenters. The second-order valence-electron chi connectivity index (χ2n) is 11.6. The van der Waals surface area contributed by atoms with Gasteiger partial charge in [-0.25, -0.2) is 24.1 Å². The Morgan fingerprint density at radius 3 is 2.71 bits per heavy atom. The Morgan fingerprint density at radius 2 is 1.95 bits per heavy atom. The number of pyridine rings is 1. The number of aromatic nitrogens is 4. The van der Waals surface area contributed by atoms with E-state index in [2.05, 4.69) is 20.2 Å². The summed E-state index contributed by atoms with van der Waals surface area (Å²) in [7, 11) is 0. The Bertz CT molecular complexity index is 1630. The number of carbonyl (C=O) groups excluding carboxylic acids is 1. The molecule has 1 aliphatic carbocycles. The number of nitrogens with zero attached hydrogens (tertiary/aromatic N) is 5. The molecule has 1 saturated heterocycles. The number of rotatable bonds is 4. The van der Waals surface area contributed by atoms with Crippen molar-refractivity contribution in [2.45, 2.75) is 61.5 Å². The lowest BCUT2D eigenvalue weighted by Gasteiger charge is -2.43. The Kier molecular flexibility index (Phi) is 6.97. The van der Waals surface area contributed by atoms with Crippen molar-refractivity contribution in [3.05, 3.63) is 71.0 Å². The van der Waals surface area contributed by atoms with Crippen LogP contribution in [0.1, 0.15) is 50.8 Å². The van der Waals surface area contributed by atoms with Crippen LogP contribution in [0, 0.1) is 11.2 Å². The van der Waals surface area contributed by atoms with Crippen LogP contribution in [0.5, 0.6) is 0 Å². The van der Waals surface area contributed by atoms with Gasteiger partial charge in [-0.1, -0.05) is 29.4 Å².